The summed E-state index contributed by atoms with van der Waals surface area (Å²) in [5.74, 6) is 1.66. The molecule has 0 bridgehead atoms. The maximum atomic E-state index is 7.39. The van der Waals surface area contributed by atoms with Gasteiger partial charge in [0.1, 0.15) is 11.2 Å². The Morgan fingerprint density at radius 3 is 1.32 bits per heavy atom. The molecule has 12 aromatic carbocycles. The maximum absolute atomic E-state index is 7.39. The van der Waals surface area contributed by atoms with Gasteiger partial charge in [0, 0.05) is 90.2 Å². The first kappa shape index (κ1) is 44.4. The first-order valence-corrected chi connectivity index (χ1v) is 27.8. The molecule has 13 aromatic rings. The van der Waals surface area contributed by atoms with Crippen molar-refractivity contribution in [1.82, 2.24) is 0 Å². The fraction of sp³-hybridized carbons (Fsp3) is 0. The average molecular weight is 1030 g/mol. The third kappa shape index (κ3) is 6.25. The lowest BCUT2D eigenvalue weighted by Gasteiger charge is -2.52. The van der Waals surface area contributed by atoms with Crippen molar-refractivity contribution in [2.45, 2.75) is 0 Å². The van der Waals surface area contributed by atoms with E-state index in [0.29, 0.717) is 0 Å². The average Bonchev–Trinajstić information content (AvgIpc) is 1.93. The van der Waals surface area contributed by atoms with E-state index in [0.717, 1.165) is 119 Å². The molecule has 7 nitrogen and oxygen atoms in total. The number of anilines is 15. The van der Waals surface area contributed by atoms with Crippen molar-refractivity contribution >= 4 is 153 Å². The molecule has 1 aromatic heterocycles. The fourth-order valence-electron chi connectivity index (χ4n) is 14.1. The largest absolute Gasteiger partial charge is 0.457 e. The van der Waals surface area contributed by atoms with Gasteiger partial charge in [-0.05, 0) is 149 Å². The van der Waals surface area contributed by atoms with E-state index < -0.39 is 0 Å². The molecule has 0 spiro atoms. The Morgan fingerprint density at radius 2 is 0.778 bits per heavy atom. The van der Waals surface area contributed by atoms with Crippen LogP contribution in [0.15, 0.2) is 277 Å². The van der Waals surface area contributed by atoms with Crippen LogP contribution in [0, 0.1) is 0 Å². The number of nitrogens with zero attached hydrogens (tertiary/aromatic N) is 5. The SMILES string of the molecule is c1ccc(N(c2ccccc2)c2ccc3c(c2)N(c2ccccc2)c2cc4c5c6c2B3c2cccc3c2N6c2c(cc6c(oc7ccccc76)c2B5c2ccc(N(c5ccccc5)c5ccccc5)cc2N4c2ccccc2)O3)cc1. The van der Waals surface area contributed by atoms with Crippen molar-refractivity contribution in [2.75, 3.05) is 24.5 Å². The number of ether oxygens (including phenoxy) is 1. The van der Waals surface area contributed by atoms with E-state index in [9.17, 15) is 0 Å². The molecule has 0 N–H and O–H groups in total. The van der Waals surface area contributed by atoms with Crippen molar-refractivity contribution < 1.29 is 9.15 Å². The van der Waals surface area contributed by atoms with Crippen molar-refractivity contribution in [3.63, 3.8) is 0 Å². The quantitative estimate of drug-likeness (QED) is 0.140. The number of hydrogen-bond donors (Lipinski definition) is 0. The van der Waals surface area contributed by atoms with Gasteiger partial charge in [-0.2, -0.15) is 0 Å². The van der Waals surface area contributed by atoms with Gasteiger partial charge in [-0.1, -0.05) is 152 Å². The number of rotatable bonds is 8. The first-order chi connectivity index (χ1) is 40.2. The minimum absolute atomic E-state index is 0.154. The Morgan fingerprint density at radius 1 is 0.296 bits per heavy atom. The minimum Gasteiger partial charge on any atom is -0.457 e. The van der Waals surface area contributed by atoms with Crippen LogP contribution in [-0.2, 0) is 0 Å². The Hall–Kier alpha value is -10.6. The van der Waals surface area contributed by atoms with E-state index in [1.807, 2.05) is 0 Å². The van der Waals surface area contributed by atoms with Crippen LogP contribution < -0.4 is 62.0 Å². The van der Waals surface area contributed by atoms with E-state index in [4.69, 9.17) is 9.15 Å². The topological polar surface area (TPSA) is 38.6 Å². The molecule has 0 saturated carbocycles. The van der Waals surface area contributed by atoms with Crippen LogP contribution in [0.5, 0.6) is 11.5 Å². The molecule has 0 amide bonds. The van der Waals surface area contributed by atoms with E-state index in [1.165, 1.54) is 33.0 Å². The third-order valence-electron chi connectivity index (χ3n) is 17.3. The second-order valence-electron chi connectivity index (χ2n) is 21.5. The maximum Gasteiger partial charge on any atom is 0.257 e. The summed E-state index contributed by atoms with van der Waals surface area (Å²) in [6, 6.07) is 99.0. The number of fused-ring (bicyclic) bond motifs is 10. The predicted molar refractivity (Wildman–Crippen MR) is 337 cm³/mol. The summed E-state index contributed by atoms with van der Waals surface area (Å²) in [6.07, 6.45) is 0. The fourth-order valence-corrected chi connectivity index (χ4v) is 14.1. The normalized spacial score (nSPS) is 13.4. The molecule has 18 rings (SSSR count). The van der Waals surface area contributed by atoms with Gasteiger partial charge in [0.2, 0.25) is 0 Å². The van der Waals surface area contributed by atoms with Gasteiger partial charge in [0.05, 0.1) is 11.4 Å². The van der Waals surface area contributed by atoms with E-state index >= 15 is 0 Å². The van der Waals surface area contributed by atoms with Crippen LogP contribution in [0.2, 0.25) is 0 Å². The van der Waals surface area contributed by atoms with Gasteiger partial charge in [0.15, 0.2) is 11.5 Å². The standard InChI is InChI=1S/C72H45B2N5O2/c1-7-22-46(23-8-1)75(47-24-9-2-10-25-47)52-38-40-56-59(42-52)77(50-30-15-5-16-31-50)61-45-62-67-71-66(61)73(56)58-35-21-37-64-69(58)79(71)70-65(80-64)44-55-54-34-19-20-36-63(54)81-72(55)68(70)74(67)57-41-39-53(43-60(57)78(62)51-32-17-6-18-33-51)76(48-26-11-3-12-27-48)49-28-13-4-14-29-49/h1-45H. The van der Waals surface area contributed by atoms with E-state index in [-0.39, 0.29) is 13.4 Å². The Balaban J connectivity index is 0.980. The Labute approximate surface area is 469 Å². The van der Waals surface area contributed by atoms with Gasteiger partial charge >= 0.3 is 0 Å². The summed E-state index contributed by atoms with van der Waals surface area (Å²) in [4.78, 5) is 12.4. The zero-order chi connectivity index (χ0) is 52.9. The van der Waals surface area contributed by atoms with Gasteiger partial charge in [-0.25, -0.2) is 0 Å². The second-order valence-corrected chi connectivity index (χ2v) is 21.5. The van der Waals surface area contributed by atoms with Gasteiger partial charge in [-0.15, -0.1) is 0 Å². The van der Waals surface area contributed by atoms with Gasteiger partial charge < -0.3 is 33.7 Å². The second kappa shape index (κ2) is 16.9. The van der Waals surface area contributed by atoms with Crippen LogP contribution in [-0.4, -0.2) is 13.4 Å². The zero-order valence-corrected chi connectivity index (χ0v) is 43.7. The monoisotopic (exact) mass is 1030 g/mol. The Kier molecular flexibility index (Phi) is 9.28. The van der Waals surface area contributed by atoms with Crippen LogP contribution in [0.25, 0.3) is 21.9 Å². The molecule has 0 radical (unpaired) electrons. The van der Waals surface area contributed by atoms with Crippen molar-refractivity contribution in [1.29, 1.82) is 0 Å². The first-order valence-electron chi connectivity index (χ1n) is 27.8. The number of furan rings is 1. The number of benzene rings is 12. The lowest BCUT2D eigenvalue weighted by atomic mass is 9.28. The summed E-state index contributed by atoms with van der Waals surface area (Å²) in [5, 5.41) is 2.11. The van der Waals surface area contributed by atoms with E-state index in [1.54, 1.807) is 0 Å². The van der Waals surface area contributed by atoms with Gasteiger partial charge in [-0.3, -0.25) is 0 Å². The summed E-state index contributed by atoms with van der Waals surface area (Å²) in [7, 11) is 0. The zero-order valence-electron chi connectivity index (χ0n) is 43.7. The molecule has 0 saturated heterocycles. The molecule has 9 heteroatoms. The highest BCUT2D eigenvalue weighted by molar-refractivity contribution is 7.05. The highest BCUT2D eigenvalue weighted by atomic mass is 16.5. The summed E-state index contributed by atoms with van der Waals surface area (Å²) < 4.78 is 14.6. The summed E-state index contributed by atoms with van der Waals surface area (Å²) >= 11 is 0. The number of hydrogen-bond acceptors (Lipinski definition) is 7. The molecule has 0 atom stereocenters. The smallest absolute Gasteiger partial charge is 0.257 e. The van der Waals surface area contributed by atoms with Crippen LogP contribution in [0.4, 0.5) is 85.3 Å². The highest BCUT2D eigenvalue weighted by Gasteiger charge is 2.55. The summed E-state index contributed by atoms with van der Waals surface area (Å²) in [5.41, 5.74) is 25.3. The third-order valence-corrected chi connectivity index (χ3v) is 17.3. The molecular weight excluding hydrogens is 988 g/mol. The van der Waals surface area contributed by atoms with Crippen molar-refractivity contribution in [3.8, 4) is 11.5 Å². The molecule has 6 heterocycles. The molecule has 0 unspecified atom stereocenters. The molecular formula is C72H45B2N5O2. The highest BCUT2D eigenvalue weighted by Crippen LogP contribution is 2.58. The van der Waals surface area contributed by atoms with Crippen LogP contribution >= 0.6 is 0 Å². The lowest BCUT2D eigenvalue weighted by Crippen LogP contribution is -2.69. The van der Waals surface area contributed by atoms with Crippen molar-refractivity contribution in [2.24, 2.45) is 0 Å². The molecule has 376 valence electrons. The molecule has 0 fully saturated rings. The number of para-hydroxylation sites is 8. The van der Waals surface area contributed by atoms with Crippen LogP contribution in [0.3, 0.4) is 0 Å². The molecule has 5 aliphatic heterocycles. The summed E-state index contributed by atoms with van der Waals surface area (Å²) in [6.45, 7) is -0.422. The minimum atomic E-state index is -0.268. The van der Waals surface area contributed by atoms with E-state index in [2.05, 4.69) is 297 Å². The molecule has 81 heavy (non-hydrogen) atoms. The van der Waals surface area contributed by atoms with Crippen LogP contribution in [0.1, 0.15) is 0 Å². The van der Waals surface area contributed by atoms with Crippen molar-refractivity contribution in [3.05, 3.63) is 273 Å². The molecule has 5 aliphatic rings. The van der Waals surface area contributed by atoms with Gasteiger partial charge in [0.25, 0.3) is 13.4 Å². The predicted octanol–water partition coefficient (Wildman–Crippen LogP) is 15.3. The molecule has 0 aliphatic carbocycles. The lowest BCUT2D eigenvalue weighted by molar-refractivity contribution is 0.478. The Bertz CT molecular complexity index is 4640.